The lowest BCUT2D eigenvalue weighted by Crippen LogP contribution is -2.23. The summed E-state index contributed by atoms with van der Waals surface area (Å²) in [7, 11) is -3.74. The van der Waals surface area contributed by atoms with Crippen LogP contribution in [0.15, 0.2) is 35.8 Å². The van der Waals surface area contributed by atoms with Gasteiger partial charge in [-0.1, -0.05) is 32.1 Å². The van der Waals surface area contributed by atoms with Crippen LogP contribution < -0.4 is 0 Å². The molecule has 1 atom stereocenters. The van der Waals surface area contributed by atoms with Crippen LogP contribution >= 0.6 is 0 Å². The minimum atomic E-state index is -3.74. The normalized spacial score (nSPS) is 17.7. The van der Waals surface area contributed by atoms with Gasteiger partial charge in [-0.3, -0.25) is 4.18 Å². The van der Waals surface area contributed by atoms with Gasteiger partial charge in [0.05, 0.1) is 51.2 Å². The molecule has 0 spiro atoms. The first-order valence-electron chi connectivity index (χ1n) is 8.58. The van der Waals surface area contributed by atoms with Crippen LogP contribution in [0.25, 0.3) is 0 Å². The molecule has 26 heavy (non-hydrogen) atoms. The molecule has 0 bridgehead atoms. The van der Waals surface area contributed by atoms with Crippen LogP contribution in [0.4, 0.5) is 0 Å². The number of hydrogen-bond donors (Lipinski definition) is 1. The number of aliphatic hydroxyl groups excluding tert-OH is 1. The quantitative estimate of drug-likeness (QED) is 0.275. The summed E-state index contributed by atoms with van der Waals surface area (Å²) in [6, 6.07) is 0. The molecule has 0 radical (unpaired) electrons. The lowest BCUT2D eigenvalue weighted by atomic mass is 9.86. The summed E-state index contributed by atoms with van der Waals surface area (Å²) in [6.07, 6.45) is 6.68. The van der Waals surface area contributed by atoms with E-state index in [2.05, 4.69) is 6.58 Å². The molecule has 8 heteroatoms. The Bertz CT molecular complexity index is 578. The maximum Gasteiger partial charge on any atom is 0.296 e. The Balaban J connectivity index is 2.07. The van der Waals surface area contributed by atoms with E-state index in [1.54, 1.807) is 18.2 Å². The Hall–Kier alpha value is -1.03. The summed E-state index contributed by atoms with van der Waals surface area (Å²) in [4.78, 5) is 0.188. The SMILES string of the molecule is C=CCOCC(O)COCCOCCOS(=O)(=O)C1=CCC(C)(C)C=C1. The maximum absolute atomic E-state index is 12.0. The van der Waals surface area contributed by atoms with E-state index < -0.39 is 16.2 Å². The van der Waals surface area contributed by atoms with E-state index in [1.807, 2.05) is 19.9 Å². The average Bonchev–Trinajstić information content (AvgIpc) is 2.57. The summed E-state index contributed by atoms with van der Waals surface area (Å²) in [5.74, 6) is 0. The number of rotatable bonds is 14. The predicted octanol–water partition coefficient (Wildman–Crippen LogP) is 1.80. The van der Waals surface area contributed by atoms with Crippen LogP contribution in [0.5, 0.6) is 0 Å². The van der Waals surface area contributed by atoms with Crippen LogP contribution in [0.3, 0.4) is 0 Å². The van der Waals surface area contributed by atoms with Crippen molar-refractivity contribution in [1.82, 2.24) is 0 Å². The van der Waals surface area contributed by atoms with E-state index in [4.69, 9.17) is 18.4 Å². The van der Waals surface area contributed by atoms with Gasteiger partial charge in [-0.2, -0.15) is 8.42 Å². The first-order chi connectivity index (χ1) is 12.3. The summed E-state index contributed by atoms with van der Waals surface area (Å²) in [5, 5.41) is 9.54. The van der Waals surface area contributed by atoms with Gasteiger partial charge in [-0.05, 0) is 17.9 Å². The van der Waals surface area contributed by atoms with Crippen LogP contribution in [0, 0.1) is 5.41 Å². The smallest absolute Gasteiger partial charge is 0.296 e. The molecule has 0 saturated heterocycles. The molecule has 1 rings (SSSR count). The van der Waals surface area contributed by atoms with E-state index in [9.17, 15) is 13.5 Å². The van der Waals surface area contributed by atoms with Crippen molar-refractivity contribution in [2.75, 3.05) is 46.2 Å². The van der Waals surface area contributed by atoms with Gasteiger partial charge in [-0.15, -0.1) is 6.58 Å². The Labute approximate surface area is 156 Å². The second kappa shape index (κ2) is 11.6. The zero-order valence-electron chi connectivity index (χ0n) is 15.6. The van der Waals surface area contributed by atoms with Crippen LogP contribution in [-0.4, -0.2) is 65.9 Å². The van der Waals surface area contributed by atoms with Gasteiger partial charge in [-0.25, -0.2) is 0 Å². The molecule has 0 aliphatic heterocycles. The highest BCUT2D eigenvalue weighted by molar-refractivity contribution is 7.90. The van der Waals surface area contributed by atoms with Gasteiger partial charge in [0.2, 0.25) is 0 Å². The van der Waals surface area contributed by atoms with Crippen LogP contribution in [0.2, 0.25) is 0 Å². The molecule has 0 aromatic rings. The highest BCUT2D eigenvalue weighted by atomic mass is 32.2. The fourth-order valence-corrected chi connectivity index (χ4v) is 2.98. The fraction of sp³-hybridized carbons (Fsp3) is 0.667. The molecule has 7 nitrogen and oxygen atoms in total. The van der Waals surface area contributed by atoms with E-state index in [0.29, 0.717) is 13.0 Å². The van der Waals surface area contributed by atoms with Crippen LogP contribution in [-0.2, 0) is 28.5 Å². The zero-order valence-corrected chi connectivity index (χ0v) is 16.4. The molecule has 0 amide bonds. The Morgan fingerprint density at radius 2 is 1.85 bits per heavy atom. The lowest BCUT2D eigenvalue weighted by Gasteiger charge is -2.22. The number of aliphatic hydroxyl groups is 1. The number of ether oxygens (including phenoxy) is 3. The van der Waals surface area contributed by atoms with Gasteiger partial charge >= 0.3 is 0 Å². The molecule has 150 valence electrons. The van der Waals surface area contributed by atoms with E-state index in [0.717, 1.165) is 0 Å². The third-order valence-corrected chi connectivity index (χ3v) is 4.87. The number of hydrogen-bond acceptors (Lipinski definition) is 7. The molecule has 0 aromatic heterocycles. The summed E-state index contributed by atoms with van der Waals surface area (Å²) < 4.78 is 44.6. The molecule has 1 N–H and O–H groups in total. The molecule has 1 aliphatic carbocycles. The highest BCUT2D eigenvalue weighted by Gasteiger charge is 2.23. The first kappa shape index (κ1) is 23.0. The maximum atomic E-state index is 12.0. The highest BCUT2D eigenvalue weighted by Crippen LogP contribution is 2.30. The molecule has 1 aliphatic rings. The molecular formula is C18H30O7S. The van der Waals surface area contributed by atoms with E-state index in [-0.39, 0.29) is 50.0 Å². The fourth-order valence-electron chi connectivity index (χ4n) is 2.04. The van der Waals surface area contributed by atoms with Crippen molar-refractivity contribution >= 4 is 10.1 Å². The summed E-state index contributed by atoms with van der Waals surface area (Å²) in [6.45, 7) is 8.92. The monoisotopic (exact) mass is 390 g/mol. The zero-order chi connectivity index (χ0) is 19.5. The van der Waals surface area contributed by atoms with Gasteiger partial charge in [0.1, 0.15) is 6.10 Å². The first-order valence-corrected chi connectivity index (χ1v) is 9.99. The molecule has 0 fully saturated rings. The third kappa shape index (κ3) is 9.61. The van der Waals surface area contributed by atoms with Crippen molar-refractivity contribution in [2.24, 2.45) is 5.41 Å². The Kier molecular flexibility index (Phi) is 10.3. The van der Waals surface area contributed by atoms with Crippen molar-refractivity contribution in [2.45, 2.75) is 26.4 Å². The topological polar surface area (TPSA) is 91.3 Å². The van der Waals surface area contributed by atoms with Crippen molar-refractivity contribution in [3.63, 3.8) is 0 Å². The van der Waals surface area contributed by atoms with Crippen LogP contribution in [0.1, 0.15) is 20.3 Å². The lowest BCUT2D eigenvalue weighted by molar-refractivity contribution is -0.0293. The minimum absolute atomic E-state index is 0.0342. The van der Waals surface area contributed by atoms with Crippen molar-refractivity contribution in [3.05, 3.63) is 35.8 Å². The van der Waals surface area contributed by atoms with E-state index >= 15 is 0 Å². The molecule has 0 heterocycles. The van der Waals surface area contributed by atoms with Gasteiger partial charge in [0, 0.05) is 0 Å². The molecule has 0 saturated carbocycles. The average molecular weight is 390 g/mol. The Morgan fingerprint density at radius 3 is 2.50 bits per heavy atom. The predicted molar refractivity (Wildman–Crippen MR) is 99.2 cm³/mol. The molecular weight excluding hydrogens is 360 g/mol. The summed E-state index contributed by atoms with van der Waals surface area (Å²) >= 11 is 0. The summed E-state index contributed by atoms with van der Waals surface area (Å²) in [5.41, 5.74) is -0.0342. The van der Waals surface area contributed by atoms with Crippen molar-refractivity contribution in [3.8, 4) is 0 Å². The standard InChI is InChI=1S/C18H30O7S/c1-4-9-23-14-16(19)15-24-11-10-22-12-13-25-26(20,21)17-5-7-18(2,3)8-6-17/h4-7,16,19H,1,8-15H2,2-3H3. The third-order valence-electron chi connectivity index (χ3n) is 3.51. The second-order valence-electron chi connectivity index (χ2n) is 6.58. The molecule has 1 unspecified atom stereocenters. The van der Waals surface area contributed by atoms with Gasteiger partial charge in [0.25, 0.3) is 10.1 Å². The van der Waals surface area contributed by atoms with E-state index in [1.165, 1.54) is 0 Å². The largest absolute Gasteiger partial charge is 0.388 e. The van der Waals surface area contributed by atoms with Crippen molar-refractivity contribution < 1.29 is 31.9 Å². The van der Waals surface area contributed by atoms with Gasteiger partial charge in [0.15, 0.2) is 0 Å². The van der Waals surface area contributed by atoms with Crippen molar-refractivity contribution in [1.29, 1.82) is 0 Å². The Morgan fingerprint density at radius 1 is 1.19 bits per heavy atom. The minimum Gasteiger partial charge on any atom is -0.388 e. The van der Waals surface area contributed by atoms with Gasteiger partial charge < -0.3 is 19.3 Å². The number of allylic oxidation sites excluding steroid dienone is 3. The second-order valence-corrected chi connectivity index (χ2v) is 8.19. The molecule has 0 aromatic carbocycles.